The first kappa shape index (κ1) is 12.8. The fraction of sp³-hybridized carbons (Fsp3) is 0.467. The van der Waals surface area contributed by atoms with Gasteiger partial charge in [-0.25, -0.2) is 0 Å². The second kappa shape index (κ2) is 5.80. The Morgan fingerprint density at radius 1 is 1.28 bits per heavy atom. The first-order chi connectivity index (χ1) is 8.69. The molecule has 0 aromatic heterocycles. The minimum Gasteiger partial charge on any atom is -0.326 e. The number of amides is 1. The average molecular weight is 245 g/mol. The van der Waals surface area contributed by atoms with Gasteiger partial charge in [-0.3, -0.25) is 9.59 Å². The fourth-order valence-corrected chi connectivity index (χ4v) is 2.46. The van der Waals surface area contributed by atoms with E-state index in [0.29, 0.717) is 11.3 Å². The van der Waals surface area contributed by atoms with E-state index in [1.54, 1.807) is 18.2 Å². The highest BCUT2D eigenvalue weighted by Gasteiger charge is 2.24. The molecule has 0 unspecified atom stereocenters. The standard InChI is InChI=1S/C15H19NO2/c1-11-5-7-13(8-6-11)15(18)16-14-4-2-3-12(9-14)10-17/h2-4,9-11,13H,5-8H2,1H3,(H,16,18). The van der Waals surface area contributed by atoms with Gasteiger partial charge in [0.25, 0.3) is 0 Å². The zero-order valence-corrected chi connectivity index (χ0v) is 10.7. The van der Waals surface area contributed by atoms with Crippen LogP contribution in [0.3, 0.4) is 0 Å². The van der Waals surface area contributed by atoms with E-state index in [-0.39, 0.29) is 11.8 Å². The fourth-order valence-electron chi connectivity index (χ4n) is 2.46. The Balaban J connectivity index is 1.96. The van der Waals surface area contributed by atoms with E-state index in [9.17, 15) is 9.59 Å². The van der Waals surface area contributed by atoms with Crippen LogP contribution in [0, 0.1) is 11.8 Å². The van der Waals surface area contributed by atoms with Gasteiger partial charge in [0.05, 0.1) is 0 Å². The van der Waals surface area contributed by atoms with Crippen LogP contribution in [0.15, 0.2) is 24.3 Å². The molecule has 3 nitrogen and oxygen atoms in total. The maximum Gasteiger partial charge on any atom is 0.227 e. The molecule has 0 heterocycles. The summed E-state index contributed by atoms with van der Waals surface area (Å²) in [6, 6.07) is 7.03. The quantitative estimate of drug-likeness (QED) is 0.831. The average Bonchev–Trinajstić information content (AvgIpc) is 2.39. The van der Waals surface area contributed by atoms with Crippen molar-refractivity contribution in [3.63, 3.8) is 0 Å². The lowest BCUT2D eigenvalue weighted by molar-refractivity contribution is -0.121. The molecule has 96 valence electrons. The number of rotatable bonds is 3. The van der Waals surface area contributed by atoms with Gasteiger partial charge in [-0.2, -0.15) is 0 Å². The van der Waals surface area contributed by atoms with Crippen molar-refractivity contribution in [1.29, 1.82) is 0 Å². The van der Waals surface area contributed by atoms with E-state index >= 15 is 0 Å². The van der Waals surface area contributed by atoms with Crippen molar-refractivity contribution in [3.8, 4) is 0 Å². The van der Waals surface area contributed by atoms with Gasteiger partial charge in [-0.05, 0) is 43.7 Å². The molecule has 1 aliphatic rings. The highest BCUT2D eigenvalue weighted by atomic mass is 16.1. The van der Waals surface area contributed by atoms with Crippen LogP contribution in [-0.2, 0) is 4.79 Å². The normalized spacial score (nSPS) is 23.4. The molecule has 0 radical (unpaired) electrons. The molecule has 0 saturated heterocycles. The summed E-state index contributed by atoms with van der Waals surface area (Å²) < 4.78 is 0. The molecule has 1 saturated carbocycles. The lowest BCUT2D eigenvalue weighted by atomic mass is 9.82. The lowest BCUT2D eigenvalue weighted by Gasteiger charge is -2.25. The van der Waals surface area contributed by atoms with E-state index in [4.69, 9.17) is 0 Å². The van der Waals surface area contributed by atoms with Gasteiger partial charge in [0.1, 0.15) is 6.29 Å². The van der Waals surface area contributed by atoms with Gasteiger partial charge in [-0.15, -0.1) is 0 Å². The third kappa shape index (κ3) is 3.19. The Bertz CT molecular complexity index is 434. The van der Waals surface area contributed by atoms with Gasteiger partial charge < -0.3 is 5.32 Å². The molecular formula is C15H19NO2. The van der Waals surface area contributed by atoms with Crippen LogP contribution in [0.5, 0.6) is 0 Å². The summed E-state index contributed by atoms with van der Waals surface area (Å²) in [6.45, 7) is 2.24. The summed E-state index contributed by atoms with van der Waals surface area (Å²) in [5.41, 5.74) is 1.30. The highest BCUT2D eigenvalue weighted by molar-refractivity contribution is 5.93. The third-order valence-corrected chi connectivity index (χ3v) is 3.68. The second-order valence-electron chi connectivity index (χ2n) is 5.19. The Hall–Kier alpha value is -1.64. The summed E-state index contributed by atoms with van der Waals surface area (Å²) >= 11 is 0. The molecule has 0 bridgehead atoms. The Kier molecular flexibility index (Phi) is 4.13. The predicted octanol–water partition coefficient (Wildman–Crippen LogP) is 3.26. The maximum absolute atomic E-state index is 12.1. The Morgan fingerprint density at radius 3 is 2.67 bits per heavy atom. The minimum atomic E-state index is 0.0879. The number of nitrogens with one attached hydrogen (secondary N) is 1. The topological polar surface area (TPSA) is 46.2 Å². The molecule has 1 aliphatic carbocycles. The number of hydrogen-bond acceptors (Lipinski definition) is 2. The zero-order chi connectivity index (χ0) is 13.0. The summed E-state index contributed by atoms with van der Waals surface area (Å²) in [4.78, 5) is 22.7. The molecule has 3 heteroatoms. The molecule has 1 N–H and O–H groups in total. The van der Waals surface area contributed by atoms with Crippen molar-refractivity contribution in [3.05, 3.63) is 29.8 Å². The molecule has 1 aromatic carbocycles. The summed E-state index contributed by atoms with van der Waals surface area (Å²) in [6.07, 6.45) is 5.00. The number of carbonyl (C=O) groups excluding carboxylic acids is 2. The first-order valence-electron chi connectivity index (χ1n) is 6.55. The van der Waals surface area contributed by atoms with Crippen LogP contribution >= 0.6 is 0 Å². The van der Waals surface area contributed by atoms with Crippen molar-refractivity contribution < 1.29 is 9.59 Å². The minimum absolute atomic E-state index is 0.0879. The number of carbonyl (C=O) groups is 2. The summed E-state index contributed by atoms with van der Waals surface area (Å²) in [7, 11) is 0. The van der Waals surface area contributed by atoms with Crippen LogP contribution in [-0.4, -0.2) is 12.2 Å². The van der Waals surface area contributed by atoms with Crippen LogP contribution in [0.4, 0.5) is 5.69 Å². The maximum atomic E-state index is 12.1. The van der Waals surface area contributed by atoms with Crippen molar-refractivity contribution in [2.75, 3.05) is 5.32 Å². The van der Waals surface area contributed by atoms with Crippen molar-refractivity contribution in [1.82, 2.24) is 0 Å². The molecule has 0 atom stereocenters. The van der Waals surface area contributed by atoms with Gasteiger partial charge in [0.2, 0.25) is 5.91 Å². The van der Waals surface area contributed by atoms with Gasteiger partial charge >= 0.3 is 0 Å². The van der Waals surface area contributed by atoms with Gasteiger partial charge in [-0.1, -0.05) is 19.1 Å². The van der Waals surface area contributed by atoms with E-state index < -0.39 is 0 Å². The molecule has 1 fully saturated rings. The summed E-state index contributed by atoms with van der Waals surface area (Å²) in [5.74, 6) is 0.957. The highest BCUT2D eigenvalue weighted by Crippen LogP contribution is 2.29. The van der Waals surface area contributed by atoms with Crippen LogP contribution < -0.4 is 5.32 Å². The SMILES string of the molecule is CC1CCC(C(=O)Nc2cccc(C=O)c2)CC1. The van der Waals surface area contributed by atoms with Crippen molar-refractivity contribution >= 4 is 17.9 Å². The zero-order valence-electron chi connectivity index (χ0n) is 10.7. The Morgan fingerprint density at radius 2 is 2.00 bits per heavy atom. The number of hydrogen-bond donors (Lipinski definition) is 1. The van der Waals surface area contributed by atoms with Crippen molar-refractivity contribution in [2.45, 2.75) is 32.6 Å². The second-order valence-corrected chi connectivity index (χ2v) is 5.19. The molecule has 1 aromatic rings. The molecule has 18 heavy (non-hydrogen) atoms. The largest absolute Gasteiger partial charge is 0.326 e. The van der Waals surface area contributed by atoms with E-state index in [2.05, 4.69) is 12.2 Å². The molecule has 1 amide bonds. The van der Waals surface area contributed by atoms with Crippen LogP contribution in [0.1, 0.15) is 43.0 Å². The molecule has 2 rings (SSSR count). The lowest BCUT2D eigenvalue weighted by Crippen LogP contribution is -2.26. The number of aldehydes is 1. The van der Waals surface area contributed by atoms with Gasteiger partial charge in [0, 0.05) is 17.2 Å². The van der Waals surface area contributed by atoms with Crippen molar-refractivity contribution in [2.24, 2.45) is 11.8 Å². The molecular weight excluding hydrogens is 226 g/mol. The predicted molar refractivity (Wildman–Crippen MR) is 71.6 cm³/mol. The third-order valence-electron chi connectivity index (χ3n) is 3.68. The van der Waals surface area contributed by atoms with E-state index in [1.165, 1.54) is 0 Å². The summed E-state index contributed by atoms with van der Waals surface area (Å²) in [5, 5.41) is 2.90. The van der Waals surface area contributed by atoms with E-state index in [0.717, 1.165) is 37.9 Å². The van der Waals surface area contributed by atoms with Crippen LogP contribution in [0.2, 0.25) is 0 Å². The Labute approximate surface area is 108 Å². The number of benzene rings is 1. The van der Waals surface area contributed by atoms with E-state index in [1.807, 2.05) is 6.07 Å². The number of anilines is 1. The van der Waals surface area contributed by atoms with Gasteiger partial charge in [0.15, 0.2) is 0 Å². The first-order valence-corrected chi connectivity index (χ1v) is 6.55. The monoisotopic (exact) mass is 245 g/mol. The molecule has 0 spiro atoms. The van der Waals surface area contributed by atoms with Crippen LogP contribution in [0.25, 0.3) is 0 Å². The molecule has 0 aliphatic heterocycles. The smallest absolute Gasteiger partial charge is 0.227 e.